The molecule has 1 aliphatic rings. The second kappa shape index (κ2) is 6.07. The summed E-state index contributed by atoms with van der Waals surface area (Å²) in [5.41, 5.74) is 1.22. The molecule has 0 saturated carbocycles. The molecule has 100 valence electrons. The summed E-state index contributed by atoms with van der Waals surface area (Å²) >= 11 is 3.34. The Balaban J connectivity index is 2.10. The average Bonchev–Trinajstić information content (AvgIpc) is 2.92. The Morgan fingerprint density at radius 1 is 1.47 bits per heavy atom. The Kier molecular flexibility index (Phi) is 4.43. The van der Waals surface area contributed by atoms with Gasteiger partial charge in [-0.3, -0.25) is 4.79 Å². The Morgan fingerprint density at radius 2 is 2.16 bits per heavy atom. The van der Waals surface area contributed by atoms with E-state index in [-0.39, 0.29) is 11.9 Å². The molecule has 1 atom stereocenters. The number of hydrogen-bond donors (Lipinski definition) is 1. The molecule has 1 aliphatic heterocycles. The van der Waals surface area contributed by atoms with Crippen LogP contribution in [0, 0.1) is 11.3 Å². The predicted octanol–water partition coefficient (Wildman–Crippen LogP) is 2.74. The quantitative estimate of drug-likeness (QED) is 0.931. The maximum atomic E-state index is 12.2. The topological polar surface area (TPSA) is 56.1 Å². The number of nitrogens with one attached hydrogen (secondary N) is 1. The van der Waals surface area contributed by atoms with E-state index in [1.54, 1.807) is 0 Å². The minimum atomic E-state index is -0.320. The molecule has 1 N–H and O–H groups in total. The molecule has 0 aromatic heterocycles. The van der Waals surface area contributed by atoms with Gasteiger partial charge in [0, 0.05) is 17.6 Å². The lowest BCUT2D eigenvalue weighted by atomic mass is 10.1. The van der Waals surface area contributed by atoms with Gasteiger partial charge in [0.05, 0.1) is 11.3 Å². The highest BCUT2D eigenvalue weighted by molar-refractivity contribution is 9.10. The van der Waals surface area contributed by atoms with Crippen LogP contribution in [0.25, 0.3) is 0 Å². The summed E-state index contributed by atoms with van der Waals surface area (Å²) in [7, 11) is 0. The monoisotopic (exact) mass is 321 g/mol. The maximum absolute atomic E-state index is 12.2. The predicted molar refractivity (Wildman–Crippen MR) is 77.8 cm³/mol. The van der Waals surface area contributed by atoms with Crippen LogP contribution in [0.4, 0.5) is 5.69 Å². The molecule has 1 amide bonds. The van der Waals surface area contributed by atoms with Crippen LogP contribution < -0.4 is 5.32 Å². The number of benzene rings is 1. The normalized spacial score (nSPS) is 15.9. The van der Waals surface area contributed by atoms with Crippen molar-refractivity contribution in [2.45, 2.75) is 25.8 Å². The van der Waals surface area contributed by atoms with E-state index in [0.717, 1.165) is 30.4 Å². The molecule has 4 nitrogen and oxygen atoms in total. The molecule has 2 rings (SSSR count). The molecule has 1 aromatic rings. The van der Waals surface area contributed by atoms with Crippen molar-refractivity contribution in [2.24, 2.45) is 0 Å². The molecule has 0 aliphatic carbocycles. The Labute approximate surface area is 121 Å². The van der Waals surface area contributed by atoms with E-state index in [0.29, 0.717) is 11.3 Å². The summed E-state index contributed by atoms with van der Waals surface area (Å²) < 4.78 is 0.737. The van der Waals surface area contributed by atoms with Crippen LogP contribution in [0.3, 0.4) is 0 Å². The summed E-state index contributed by atoms with van der Waals surface area (Å²) in [6.45, 7) is 3.52. The minimum Gasteiger partial charge on any atom is -0.373 e. The lowest BCUT2D eigenvalue weighted by Crippen LogP contribution is -2.39. The summed E-state index contributed by atoms with van der Waals surface area (Å²) in [6.07, 6.45) is 2.16. The van der Waals surface area contributed by atoms with Crippen LogP contribution >= 0.6 is 15.9 Å². The third-order valence-corrected chi connectivity index (χ3v) is 3.95. The van der Waals surface area contributed by atoms with Crippen LogP contribution in [-0.2, 0) is 4.79 Å². The summed E-state index contributed by atoms with van der Waals surface area (Å²) in [6, 6.07) is 7.30. The summed E-state index contributed by atoms with van der Waals surface area (Å²) in [4.78, 5) is 14.1. The zero-order chi connectivity index (χ0) is 13.8. The van der Waals surface area contributed by atoms with Gasteiger partial charge in [-0.05, 0) is 47.8 Å². The molecular formula is C14H16BrN3O. The zero-order valence-electron chi connectivity index (χ0n) is 10.8. The highest BCUT2D eigenvalue weighted by Crippen LogP contribution is 2.24. The summed E-state index contributed by atoms with van der Waals surface area (Å²) in [5.74, 6) is 0.0985. The van der Waals surface area contributed by atoms with Crippen LogP contribution in [-0.4, -0.2) is 29.9 Å². The van der Waals surface area contributed by atoms with E-state index >= 15 is 0 Å². The molecule has 1 saturated heterocycles. The molecule has 0 spiro atoms. The van der Waals surface area contributed by atoms with Gasteiger partial charge in [-0.1, -0.05) is 6.07 Å². The van der Waals surface area contributed by atoms with Gasteiger partial charge in [0.1, 0.15) is 12.1 Å². The molecule has 1 heterocycles. The number of anilines is 1. The van der Waals surface area contributed by atoms with Crippen molar-refractivity contribution in [3.63, 3.8) is 0 Å². The number of hydrogen-bond acceptors (Lipinski definition) is 3. The van der Waals surface area contributed by atoms with E-state index in [4.69, 9.17) is 5.26 Å². The average molecular weight is 322 g/mol. The molecule has 0 radical (unpaired) electrons. The van der Waals surface area contributed by atoms with E-state index < -0.39 is 0 Å². The van der Waals surface area contributed by atoms with Crippen molar-refractivity contribution in [2.75, 3.05) is 18.4 Å². The number of amides is 1. The minimum absolute atomic E-state index is 0.0985. The second-order valence-electron chi connectivity index (χ2n) is 4.67. The first-order chi connectivity index (χ1) is 9.13. The smallest absolute Gasteiger partial charge is 0.244 e. The maximum Gasteiger partial charge on any atom is 0.244 e. The van der Waals surface area contributed by atoms with Crippen molar-refractivity contribution in [3.05, 3.63) is 28.2 Å². The van der Waals surface area contributed by atoms with Crippen LogP contribution in [0.1, 0.15) is 25.3 Å². The van der Waals surface area contributed by atoms with Gasteiger partial charge in [-0.25, -0.2) is 0 Å². The van der Waals surface area contributed by atoms with Crippen molar-refractivity contribution in [3.8, 4) is 6.07 Å². The number of nitrogens with zero attached hydrogens (tertiary/aromatic N) is 2. The molecule has 1 aromatic carbocycles. The van der Waals surface area contributed by atoms with Gasteiger partial charge in [0.2, 0.25) is 5.91 Å². The number of carbonyl (C=O) groups excluding carboxylic acids is 1. The molecule has 1 fully saturated rings. The van der Waals surface area contributed by atoms with Crippen LogP contribution in [0.5, 0.6) is 0 Å². The van der Waals surface area contributed by atoms with Gasteiger partial charge >= 0.3 is 0 Å². The molecule has 19 heavy (non-hydrogen) atoms. The number of nitriles is 1. The zero-order valence-corrected chi connectivity index (χ0v) is 12.4. The van der Waals surface area contributed by atoms with Gasteiger partial charge in [0.25, 0.3) is 0 Å². The van der Waals surface area contributed by atoms with Crippen molar-refractivity contribution in [1.29, 1.82) is 5.26 Å². The standard InChI is InChI=1S/C14H16BrN3O/c1-10(14(19)18-7-2-3-8-18)17-13-6-4-5-12(15)11(13)9-16/h4-6,10,17H,2-3,7-8H2,1H3. The van der Waals surface area contributed by atoms with E-state index in [1.807, 2.05) is 30.0 Å². The van der Waals surface area contributed by atoms with Crippen molar-refractivity contribution >= 4 is 27.5 Å². The van der Waals surface area contributed by atoms with Crippen molar-refractivity contribution < 1.29 is 4.79 Å². The molecular weight excluding hydrogens is 306 g/mol. The first-order valence-corrected chi connectivity index (χ1v) is 7.16. The fourth-order valence-electron chi connectivity index (χ4n) is 2.26. The lowest BCUT2D eigenvalue weighted by Gasteiger charge is -2.22. The third-order valence-electron chi connectivity index (χ3n) is 3.29. The molecule has 1 unspecified atom stereocenters. The Morgan fingerprint density at radius 3 is 2.79 bits per heavy atom. The molecule has 0 bridgehead atoms. The van der Waals surface area contributed by atoms with Gasteiger partial charge in [0.15, 0.2) is 0 Å². The van der Waals surface area contributed by atoms with Gasteiger partial charge in [-0.2, -0.15) is 5.26 Å². The van der Waals surface area contributed by atoms with E-state index in [9.17, 15) is 4.79 Å². The largest absolute Gasteiger partial charge is 0.373 e. The molecule has 5 heteroatoms. The number of likely N-dealkylation sites (tertiary alicyclic amines) is 1. The first kappa shape index (κ1) is 13.9. The van der Waals surface area contributed by atoms with Crippen molar-refractivity contribution in [1.82, 2.24) is 4.90 Å². The van der Waals surface area contributed by atoms with Gasteiger partial charge < -0.3 is 10.2 Å². The van der Waals surface area contributed by atoms with Crippen LogP contribution in [0.2, 0.25) is 0 Å². The number of carbonyl (C=O) groups is 1. The van der Waals surface area contributed by atoms with Gasteiger partial charge in [-0.15, -0.1) is 0 Å². The fraction of sp³-hybridized carbons (Fsp3) is 0.429. The third kappa shape index (κ3) is 3.07. The highest BCUT2D eigenvalue weighted by atomic mass is 79.9. The Hall–Kier alpha value is -1.54. The Bertz CT molecular complexity index is 518. The highest BCUT2D eigenvalue weighted by Gasteiger charge is 2.23. The van der Waals surface area contributed by atoms with E-state index in [1.165, 1.54) is 0 Å². The second-order valence-corrected chi connectivity index (χ2v) is 5.53. The van der Waals surface area contributed by atoms with Crippen LogP contribution in [0.15, 0.2) is 22.7 Å². The van der Waals surface area contributed by atoms with E-state index in [2.05, 4.69) is 27.3 Å². The first-order valence-electron chi connectivity index (χ1n) is 6.37. The lowest BCUT2D eigenvalue weighted by molar-refractivity contribution is -0.130. The SMILES string of the molecule is CC(Nc1cccc(Br)c1C#N)C(=O)N1CCCC1. The number of rotatable bonds is 3. The number of halogens is 1. The fourth-order valence-corrected chi connectivity index (χ4v) is 2.72. The summed E-state index contributed by atoms with van der Waals surface area (Å²) in [5, 5.41) is 12.3.